The number of benzene rings is 1. The number of pyridine rings is 1. The number of hydrogen-bond donors (Lipinski definition) is 1. The molecule has 2 aromatic rings. The number of ether oxygens (including phenoxy) is 1. The van der Waals surface area contributed by atoms with E-state index in [0.29, 0.717) is 31.1 Å². The van der Waals surface area contributed by atoms with Gasteiger partial charge in [-0.25, -0.2) is 14.2 Å². The number of hydrogen-bond acceptors (Lipinski definition) is 4. The highest BCUT2D eigenvalue weighted by Gasteiger charge is 2.32. The lowest BCUT2D eigenvalue weighted by Gasteiger charge is -2.38. The Morgan fingerprint density at radius 1 is 1.38 bits per heavy atom. The number of likely N-dealkylation sites (tertiary alicyclic amines) is 1. The van der Waals surface area contributed by atoms with Gasteiger partial charge >= 0.3 is 6.03 Å². The van der Waals surface area contributed by atoms with Crippen molar-refractivity contribution in [3.8, 4) is 11.9 Å². The number of rotatable bonds is 4. The Morgan fingerprint density at radius 3 is 2.83 bits per heavy atom. The van der Waals surface area contributed by atoms with Crippen LogP contribution < -0.4 is 10.1 Å². The minimum atomic E-state index is -0.304. The first-order valence-electron chi connectivity index (χ1n) is 7.44. The quantitative estimate of drug-likeness (QED) is 0.933. The Hall–Kier alpha value is -3.14. The molecule has 1 aliphatic rings. The lowest BCUT2D eigenvalue weighted by atomic mass is 10.2. The molecule has 1 saturated heterocycles. The number of amides is 2. The van der Waals surface area contributed by atoms with Gasteiger partial charge in [-0.3, -0.25) is 0 Å². The molecule has 7 heteroatoms. The average molecular weight is 326 g/mol. The van der Waals surface area contributed by atoms with Crippen LogP contribution in [0.5, 0.6) is 5.88 Å². The summed E-state index contributed by atoms with van der Waals surface area (Å²) >= 11 is 0. The molecular weight excluding hydrogens is 311 g/mol. The second kappa shape index (κ2) is 6.96. The van der Waals surface area contributed by atoms with Crippen molar-refractivity contribution in [3.05, 3.63) is 59.5 Å². The van der Waals surface area contributed by atoms with Crippen LogP contribution in [0.1, 0.15) is 11.1 Å². The topological polar surface area (TPSA) is 78.2 Å². The van der Waals surface area contributed by atoms with Crippen LogP contribution in [0.25, 0.3) is 0 Å². The van der Waals surface area contributed by atoms with Gasteiger partial charge in [-0.1, -0.05) is 12.1 Å². The van der Waals surface area contributed by atoms with Crippen molar-refractivity contribution in [2.45, 2.75) is 12.6 Å². The Bertz CT molecular complexity index is 767. The predicted octanol–water partition coefficient (Wildman–Crippen LogP) is 2.07. The fourth-order valence-electron chi connectivity index (χ4n) is 2.28. The van der Waals surface area contributed by atoms with Crippen molar-refractivity contribution in [1.82, 2.24) is 15.2 Å². The lowest BCUT2D eigenvalue weighted by Crippen LogP contribution is -2.58. The van der Waals surface area contributed by atoms with Crippen LogP contribution >= 0.6 is 0 Å². The van der Waals surface area contributed by atoms with Crippen molar-refractivity contribution >= 4 is 6.03 Å². The molecule has 2 amide bonds. The smallest absolute Gasteiger partial charge is 0.317 e. The largest absolute Gasteiger partial charge is 0.471 e. The Kier molecular flexibility index (Phi) is 4.57. The Morgan fingerprint density at radius 2 is 2.12 bits per heavy atom. The van der Waals surface area contributed by atoms with E-state index in [1.165, 1.54) is 18.3 Å². The third-order valence-electron chi connectivity index (χ3n) is 3.64. The van der Waals surface area contributed by atoms with Crippen molar-refractivity contribution in [3.63, 3.8) is 0 Å². The summed E-state index contributed by atoms with van der Waals surface area (Å²) in [6, 6.07) is 11.0. The van der Waals surface area contributed by atoms with E-state index in [0.717, 1.165) is 5.56 Å². The number of carbonyl (C=O) groups is 1. The lowest BCUT2D eigenvalue weighted by molar-refractivity contribution is 0.0413. The maximum atomic E-state index is 12.8. The Labute approximate surface area is 138 Å². The molecule has 1 aromatic carbocycles. The highest BCUT2D eigenvalue weighted by molar-refractivity contribution is 5.75. The molecule has 0 bridgehead atoms. The van der Waals surface area contributed by atoms with Crippen molar-refractivity contribution in [2.24, 2.45) is 0 Å². The van der Waals surface area contributed by atoms with Gasteiger partial charge in [-0.05, 0) is 23.8 Å². The summed E-state index contributed by atoms with van der Waals surface area (Å²) in [5.74, 6) is 0.0762. The van der Waals surface area contributed by atoms with Gasteiger partial charge in [-0.2, -0.15) is 5.26 Å². The van der Waals surface area contributed by atoms with Crippen LogP contribution in [0, 0.1) is 17.1 Å². The maximum absolute atomic E-state index is 12.8. The van der Waals surface area contributed by atoms with E-state index in [2.05, 4.69) is 10.3 Å². The molecule has 0 unspecified atom stereocenters. The number of aromatic nitrogens is 1. The highest BCUT2D eigenvalue weighted by Crippen LogP contribution is 2.17. The van der Waals surface area contributed by atoms with Crippen LogP contribution in [-0.4, -0.2) is 35.1 Å². The second-order valence-corrected chi connectivity index (χ2v) is 5.42. The summed E-state index contributed by atoms with van der Waals surface area (Å²) < 4.78 is 18.4. The zero-order valence-electron chi connectivity index (χ0n) is 12.8. The zero-order chi connectivity index (χ0) is 16.9. The molecule has 0 radical (unpaired) electrons. The molecule has 0 saturated carbocycles. The normalized spacial score (nSPS) is 13.8. The second-order valence-electron chi connectivity index (χ2n) is 5.42. The molecule has 2 heterocycles. The van der Waals surface area contributed by atoms with E-state index in [9.17, 15) is 9.18 Å². The number of nitrogens with one attached hydrogen (secondary N) is 1. The summed E-state index contributed by atoms with van der Waals surface area (Å²) in [4.78, 5) is 17.6. The van der Waals surface area contributed by atoms with Gasteiger partial charge in [0.1, 0.15) is 11.9 Å². The monoisotopic (exact) mass is 326 g/mol. The molecule has 0 aliphatic carbocycles. The molecule has 1 N–H and O–H groups in total. The molecule has 0 spiro atoms. The SMILES string of the molecule is N#Cc1ccnc(OC2CN(C(=O)NCc3ccc(F)cc3)C2)c1. The summed E-state index contributed by atoms with van der Waals surface area (Å²) in [5, 5.41) is 11.6. The van der Waals surface area contributed by atoms with Gasteiger partial charge in [0.25, 0.3) is 0 Å². The third-order valence-corrected chi connectivity index (χ3v) is 3.64. The molecule has 6 nitrogen and oxygen atoms in total. The van der Waals surface area contributed by atoms with E-state index in [4.69, 9.17) is 10.00 Å². The molecule has 3 rings (SSSR count). The maximum Gasteiger partial charge on any atom is 0.317 e. The number of nitrogens with zero attached hydrogens (tertiary/aromatic N) is 3. The minimum absolute atomic E-state index is 0.136. The van der Waals surface area contributed by atoms with Gasteiger partial charge in [0.05, 0.1) is 24.7 Å². The molecule has 24 heavy (non-hydrogen) atoms. The molecule has 122 valence electrons. The first kappa shape index (κ1) is 15.7. The fourth-order valence-corrected chi connectivity index (χ4v) is 2.28. The third kappa shape index (κ3) is 3.79. The van der Waals surface area contributed by atoms with Crippen LogP contribution in [0.3, 0.4) is 0 Å². The zero-order valence-corrected chi connectivity index (χ0v) is 12.8. The van der Waals surface area contributed by atoms with Crippen molar-refractivity contribution in [1.29, 1.82) is 5.26 Å². The summed E-state index contributed by atoms with van der Waals surface area (Å²) in [7, 11) is 0. The number of carbonyl (C=O) groups excluding carboxylic acids is 1. The molecule has 1 aromatic heterocycles. The Balaban J connectivity index is 1.43. The summed E-state index contributed by atoms with van der Waals surface area (Å²) in [6.45, 7) is 1.24. The van der Waals surface area contributed by atoms with Gasteiger partial charge < -0.3 is 15.0 Å². The number of nitriles is 1. The van der Waals surface area contributed by atoms with Crippen LogP contribution in [0.4, 0.5) is 9.18 Å². The van der Waals surface area contributed by atoms with E-state index >= 15 is 0 Å². The molecule has 1 aliphatic heterocycles. The molecule has 0 atom stereocenters. The van der Waals surface area contributed by atoms with Gasteiger partial charge in [0, 0.05) is 18.8 Å². The number of urea groups is 1. The van der Waals surface area contributed by atoms with E-state index in [1.54, 1.807) is 29.2 Å². The summed E-state index contributed by atoms with van der Waals surface area (Å²) in [6.07, 6.45) is 1.38. The van der Waals surface area contributed by atoms with Gasteiger partial charge in [0.2, 0.25) is 5.88 Å². The average Bonchev–Trinajstić information content (AvgIpc) is 2.57. The highest BCUT2D eigenvalue weighted by atomic mass is 19.1. The first-order valence-corrected chi connectivity index (χ1v) is 7.44. The van der Waals surface area contributed by atoms with Crippen molar-refractivity contribution in [2.75, 3.05) is 13.1 Å². The minimum Gasteiger partial charge on any atom is -0.471 e. The standard InChI is InChI=1S/C17H15FN4O2/c18-14-3-1-12(2-4-14)9-21-17(23)22-10-15(11-22)24-16-7-13(8-19)5-6-20-16/h1-7,15H,9-11H2,(H,21,23). The van der Waals surface area contributed by atoms with Crippen LogP contribution in [-0.2, 0) is 6.54 Å². The first-order chi connectivity index (χ1) is 11.6. The van der Waals surface area contributed by atoms with Crippen LogP contribution in [0.2, 0.25) is 0 Å². The number of halogens is 1. The van der Waals surface area contributed by atoms with Crippen molar-refractivity contribution < 1.29 is 13.9 Å². The van der Waals surface area contributed by atoms with E-state index in [-0.39, 0.29) is 18.0 Å². The van der Waals surface area contributed by atoms with Gasteiger partial charge in [0.15, 0.2) is 0 Å². The van der Waals surface area contributed by atoms with Crippen LogP contribution in [0.15, 0.2) is 42.6 Å². The van der Waals surface area contributed by atoms with E-state index < -0.39 is 0 Å². The molecule has 1 fully saturated rings. The predicted molar refractivity (Wildman–Crippen MR) is 83.6 cm³/mol. The summed E-state index contributed by atoms with van der Waals surface area (Å²) in [5.41, 5.74) is 1.31. The molecular formula is C17H15FN4O2. The fraction of sp³-hybridized carbons (Fsp3) is 0.235. The van der Waals surface area contributed by atoms with E-state index in [1.807, 2.05) is 6.07 Å². The van der Waals surface area contributed by atoms with Gasteiger partial charge in [-0.15, -0.1) is 0 Å².